The zero-order valence-electron chi connectivity index (χ0n) is 26.1. The Labute approximate surface area is 270 Å². The predicted molar refractivity (Wildman–Crippen MR) is 170 cm³/mol. The number of amides is 2. The van der Waals surface area contributed by atoms with Crippen LogP contribution in [-0.2, 0) is 14.3 Å². The summed E-state index contributed by atoms with van der Waals surface area (Å²) in [5, 5.41) is 5.81. The van der Waals surface area contributed by atoms with Crippen LogP contribution in [0.4, 0.5) is 20.2 Å². The molecule has 13 heteroatoms. The number of morpholine rings is 1. The maximum atomic E-state index is 15.3. The number of hydrogen-bond donors (Lipinski definition) is 2. The summed E-state index contributed by atoms with van der Waals surface area (Å²) in [5.74, 6) is -1.56. The van der Waals surface area contributed by atoms with Gasteiger partial charge in [-0.3, -0.25) is 14.5 Å². The average molecular weight is 648 g/mol. The standard InChI is InChI=1S/C34H35F2N5O6/c1-21-19-34(21,32(42)39-23-6-4-22(35)5-7-23)33(43)40-24-8-9-28(26(36)16-24)47-31-25-17-29(44-2)30(18-27(25)37-20-38-31)46-13-3-10-41-11-14-45-15-12-41/h4-9,16-18,20-21H,3,10-15,19H2,1-2H3,(H,39,42)(H,40,43)/t21-,34?/m1/s1. The van der Waals surface area contributed by atoms with Crippen LogP contribution in [0.15, 0.2) is 60.9 Å². The Morgan fingerprint density at radius 1 is 0.957 bits per heavy atom. The van der Waals surface area contributed by atoms with Crippen molar-refractivity contribution < 1.29 is 37.3 Å². The molecule has 2 N–H and O–H groups in total. The van der Waals surface area contributed by atoms with Crippen molar-refractivity contribution in [2.45, 2.75) is 19.8 Å². The molecule has 0 bridgehead atoms. The Kier molecular flexibility index (Phi) is 9.45. The van der Waals surface area contributed by atoms with Crippen molar-refractivity contribution >= 4 is 34.1 Å². The Hall–Kier alpha value is -4.88. The van der Waals surface area contributed by atoms with Crippen molar-refractivity contribution in [2.24, 2.45) is 11.3 Å². The lowest BCUT2D eigenvalue weighted by atomic mass is 10.0. The van der Waals surface area contributed by atoms with Gasteiger partial charge in [0.2, 0.25) is 17.7 Å². The summed E-state index contributed by atoms with van der Waals surface area (Å²) in [4.78, 5) is 37.2. The third-order valence-electron chi connectivity index (χ3n) is 8.48. The largest absolute Gasteiger partial charge is 0.493 e. The van der Waals surface area contributed by atoms with Gasteiger partial charge in [-0.25, -0.2) is 18.7 Å². The monoisotopic (exact) mass is 647 g/mol. The Morgan fingerprint density at radius 2 is 1.66 bits per heavy atom. The molecule has 1 aliphatic carbocycles. The third kappa shape index (κ3) is 7.10. The van der Waals surface area contributed by atoms with E-state index in [-0.39, 0.29) is 23.2 Å². The third-order valence-corrected chi connectivity index (χ3v) is 8.48. The van der Waals surface area contributed by atoms with Crippen molar-refractivity contribution in [1.82, 2.24) is 14.9 Å². The maximum Gasteiger partial charge on any atom is 0.240 e. The smallest absolute Gasteiger partial charge is 0.240 e. The van der Waals surface area contributed by atoms with E-state index in [0.29, 0.717) is 41.1 Å². The van der Waals surface area contributed by atoms with E-state index in [4.69, 9.17) is 18.9 Å². The van der Waals surface area contributed by atoms with Crippen molar-refractivity contribution in [3.05, 3.63) is 72.6 Å². The van der Waals surface area contributed by atoms with Gasteiger partial charge in [0.1, 0.15) is 17.6 Å². The minimum Gasteiger partial charge on any atom is -0.493 e. The molecule has 2 aliphatic rings. The van der Waals surface area contributed by atoms with Crippen LogP contribution in [0, 0.1) is 23.0 Å². The van der Waals surface area contributed by atoms with E-state index in [0.717, 1.165) is 45.3 Å². The number of aromatic nitrogens is 2. The molecule has 4 aromatic rings. The SMILES string of the molecule is COc1cc2c(Oc3ccc(NC(=O)C4(C(=O)Nc5ccc(F)cc5)C[C@H]4C)cc3F)ncnc2cc1OCCCN1CCOCC1. The first-order valence-electron chi connectivity index (χ1n) is 15.4. The fourth-order valence-corrected chi connectivity index (χ4v) is 5.63. The number of carbonyl (C=O) groups is 2. The maximum absolute atomic E-state index is 15.3. The topological polar surface area (TPSA) is 124 Å². The number of fused-ring (bicyclic) bond motifs is 1. The number of nitrogens with zero attached hydrogens (tertiary/aromatic N) is 3. The van der Waals surface area contributed by atoms with Crippen LogP contribution in [0.3, 0.4) is 0 Å². The normalized spacial score (nSPS) is 19.2. The van der Waals surface area contributed by atoms with E-state index < -0.39 is 28.9 Å². The van der Waals surface area contributed by atoms with Gasteiger partial charge in [0.15, 0.2) is 23.1 Å². The highest BCUT2D eigenvalue weighted by atomic mass is 19.1. The molecule has 2 atom stereocenters. The quantitative estimate of drug-likeness (QED) is 0.153. The highest BCUT2D eigenvalue weighted by Gasteiger charge is 2.63. The van der Waals surface area contributed by atoms with Gasteiger partial charge >= 0.3 is 0 Å². The first kappa shape index (κ1) is 32.1. The Bertz CT molecular complexity index is 1770. The van der Waals surface area contributed by atoms with E-state index in [1.807, 2.05) is 0 Å². The number of nitrogens with one attached hydrogen (secondary N) is 2. The minimum atomic E-state index is -1.33. The van der Waals surface area contributed by atoms with E-state index in [9.17, 15) is 14.0 Å². The van der Waals surface area contributed by atoms with Crippen molar-refractivity contribution in [2.75, 3.05) is 57.2 Å². The molecule has 1 aromatic heterocycles. The van der Waals surface area contributed by atoms with Crippen LogP contribution in [0.1, 0.15) is 19.8 Å². The van der Waals surface area contributed by atoms with Gasteiger partial charge in [-0.1, -0.05) is 6.92 Å². The number of benzene rings is 3. The molecule has 246 valence electrons. The number of anilines is 2. The molecule has 1 aliphatic heterocycles. The van der Waals surface area contributed by atoms with E-state index >= 15 is 4.39 Å². The van der Waals surface area contributed by atoms with Crippen molar-refractivity contribution in [3.8, 4) is 23.1 Å². The lowest BCUT2D eigenvalue weighted by Crippen LogP contribution is -2.37. The summed E-state index contributed by atoms with van der Waals surface area (Å²) >= 11 is 0. The summed E-state index contributed by atoms with van der Waals surface area (Å²) in [5.41, 5.74) is -0.290. The molecule has 1 saturated heterocycles. The second-order valence-electron chi connectivity index (χ2n) is 11.6. The summed E-state index contributed by atoms with van der Waals surface area (Å²) in [6.07, 6.45) is 2.46. The summed E-state index contributed by atoms with van der Waals surface area (Å²) in [6.45, 7) is 6.49. The number of hydrogen-bond acceptors (Lipinski definition) is 9. The first-order chi connectivity index (χ1) is 22.8. The fraction of sp³-hybridized carbons (Fsp3) is 0.353. The van der Waals surface area contributed by atoms with Gasteiger partial charge in [-0.2, -0.15) is 0 Å². The van der Waals surface area contributed by atoms with Crippen molar-refractivity contribution in [1.29, 1.82) is 0 Å². The van der Waals surface area contributed by atoms with Crippen LogP contribution < -0.4 is 24.8 Å². The number of ether oxygens (including phenoxy) is 4. The summed E-state index contributed by atoms with van der Waals surface area (Å²) in [6, 6.07) is 12.6. The summed E-state index contributed by atoms with van der Waals surface area (Å²) < 4.78 is 51.4. The average Bonchev–Trinajstić information content (AvgIpc) is 3.77. The predicted octanol–water partition coefficient (Wildman–Crippen LogP) is 5.41. The van der Waals surface area contributed by atoms with E-state index in [2.05, 4.69) is 25.5 Å². The molecule has 47 heavy (non-hydrogen) atoms. The fourth-order valence-electron chi connectivity index (χ4n) is 5.63. The molecular formula is C34H35F2N5O6. The number of rotatable bonds is 12. The molecule has 3 aromatic carbocycles. The minimum absolute atomic E-state index is 0.103. The van der Waals surface area contributed by atoms with Gasteiger partial charge < -0.3 is 29.6 Å². The summed E-state index contributed by atoms with van der Waals surface area (Å²) in [7, 11) is 1.53. The Balaban J connectivity index is 1.11. The molecular weight excluding hydrogens is 612 g/mol. The molecule has 2 heterocycles. The lowest BCUT2D eigenvalue weighted by molar-refractivity contribution is -0.131. The lowest BCUT2D eigenvalue weighted by Gasteiger charge is -2.26. The van der Waals surface area contributed by atoms with Gasteiger partial charge in [0, 0.05) is 43.1 Å². The van der Waals surface area contributed by atoms with Crippen LogP contribution in [0.5, 0.6) is 23.1 Å². The number of halogens is 2. The number of methoxy groups -OCH3 is 1. The van der Waals surface area contributed by atoms with E-state index in [1.165, 1.54) is 49.8 Å². The van der Waals surface area contributed by atoms with E-state index in [1.54, 1.807) is 19.1 Å². The second-order valence-corrected chi connectivity index (χ2v) is 11.6. The van der Waals surface area contributed by atoms with Crippen LogP contribution in [0.2, 0.25) is 0 Å². The van der Waals surface area contributed by atoms with Gasteiger partial charge in [0.25, 0.3) is 0 Å². The number of carbonyl (C=O) groups excluding carboxylic acids is 2. The first-order valence-corrected chi connectivity index (χ1v) is 15.4. The van der Waals surface area contributed by atoms with Gasteiger partial charge in [-0.05, 0) is 61.2 Å². The van der Waals surface area contributed by atoms with Crippen LogP contribution in [-0.4, -0.2) is 73.2 Å². The highest BCUT2D eigenvalue weighted by molar-refractivity contribution is 6.17. The van der Waals surface area contributed by atoms with Crippen LogP contribution >= 0.6 is 0 Å². The second kappa shape index (κ2) is 13.9. The molecule has 2 amide bonds. The Morgan fingerprint density at radius 3 is 2.34 bits per heavy atom. The zero-order valence-corrected chi connectivity index (χ0v) is 26.1. The van der Waals surface area contributed by atoms with Crippen molar-refractivity contribution in [3.63, 3.8) is 0 Å². The molecule has 2 fully saturated rings. The molecule has 1 saturated carbocycles. The zero-order chi connectivity index (χ0) is 33.0. The molecule has 1 unspecified atom stereocenters. The molecule has 11 nitrogen and oxygen atoms in total. The highest BCUT2D eigenvalue weighted by Crippen LogP contribution is 2.53. The van der Waals surface area contributed by atoms with Gasteiger partial charge in [-0.15, -0.1) is 0 Å². The van der Waals surface area contributed by atoms with Crippen LogP contribution in [0.25, 0.3) is 10.9 Å². The molecule has 6 rings (SSSR count). The molecule has 0 spiro atoms. The molecule has 0 radical (unpaired) electrons. The van der Waals surface area contributed by atoms with Gasteiger partial charge in [0.05, 0.1) is 37.8 Å².